The van der Waals surface area contributed by atoms with Crippen LogP contribution in [0.3, 0.4) is 0 Å². The number of carbonyl (C=O) groups excluding carboxylic acids is 2. The van der Waals surface area contributed by atoms with Gasteiger partial charge in [0.1, 0.15) is 11.5 Å². The minimum Gasteiger partial charge on any atom is -0.497 e. The summed E-state index contributed by atoms with van der Waals surface area (Å²) in [5, 5.41) is 0. The number of benzene rings is 3. The molecule has 0 unspecified atom stereocenters. The van der Waals surface area contributed by atoms with E-state index in [4.69, 9.17) is 9.47 Å². The first-order valence-corrected chi connectivity index (χ1v) is 9.30. The lowest BCUT2D eigenvalue weighted by Crippen LogP contribution is -2.09. The zero-order chi connectivity index (χ0) is 19.9. The van der Waals surface area contributed by atoms with Gasteiger partial charge in [0.2, 0.25) is 0 Å². The van der Waals surface area contributed by atoms with Crippen molar-refractivity contribution < 1.29 is 19.1 Å². The lowest BCUT2D eigenvalue weighted by atomic mass is 10.1. The number of rotatable bonds is 6. The molecule has 3 aromatic carbocycles. The van der Waals surface area contributed by atoms with Crippen LogP contribution in [0.5, 0.6) is 11.5 Å². The van der Waals surface area contributed by atoms with E-state index in [1.54, 1.807) is 73.8 Å². The molecule has 3 rings (SSSR count). The first-order chi connectivity index (χ1) is 13.6. The van der Waals surface area contributed by atoms with Crippen LogP contribution in [0.4, 0.5) is 0 Å². The van der Waals surface area contributed by atoms with Crippen molar-refractivity contribution in [3.8, 4) is 11.5 Å². The lowest BCUT2D eigenvalue weighted by Gasteiger charge is -2.08. The standard InChI is InChI=1S/C23H17BrO4/c1-27-18-13-10-16(11-14-18)21(25)15-12-17-6-2-5-9-22(17)28-23(26)19-7-3-4-8-20(19)24/h2-15H,1H3/b15-12+. The molecule has 4 nitrogen and oxygen atoms in total. The molecule has 0 saturated carbocycles. The third-order valence-corrected chi connectivity index (χ3v) is 4.70. The molecule has 0 bridgehead atoms. The van der Waals surface area contributed by atoms with Gasteiger partial charge in [-0.2, -0.15) is 0 Å². The lowest BCUT2D eigenvalue weighted by molar-refractivity contribution is 0.0733. The van der Waals surface area contributed by atoms with E-state index in [1.807, 2.05) is 12.1 Å². The van der Waals surface area contributed by atoms with Crippen LogP contribution >= 0.6 is 15.9 Å². The number of hydrogen-bond donors (Lipinski definition) is 0. The van der Waals surface area contributed by atoms with Gasteiger partial charge in [0, 0.05) is 15.6 Å². The molecule has 3 aromatic rings. The van der Waals surface area contributed by atoms with E-state index in [9.17, 15) is 9.59 Å². The van der Waals surface area contributed by atoms with E-state index < -0.39 is 5.97 Å². The fraction of sp³-hybridized carbons (Fsp3) is 0.0435. The number of halogens is 1. The number of methoxy groups -OCH3 is 1. The second kappa shape index (κ2) is 9.15. The first-order valence-electron chi connectivity index (χ1n) is 8.50. The zero-order valence-corrected chi connectivity index (χ0v) is 16.7. The predicted molar refractivity (Wildman–Crippen MR) is 112 cm³/mol. The highest BCUT2D eigenvalue weighted by Gasteiger charge is 2.13. The highest BCUT2D eigenvalue weighted by atomic mass is 79.9. The molecule has 0 fully saturated rings. The number of ketones is 1. The van der Waals surface area contributed by atoms with Crippen molar-refractivity contribution in [2.24, 2.45) is 0 Å². The minimum atomic E-state index is -0.477. The SMILES string of the molecule is COc1ccc(C(=O)/C=C/c2ccccc2OC(=O)c2ccccc2Br)cc1. The van der Waals surface area contributed by atoms with Crippen LogP contribution in [-0.2, 0) is 0 Å². The zero-order valence-electron chi connectivity index (χ0n) is 15.1. The summed E-state index contributed by atoms with van der Waals surface area (Å²) in [4.78, 5) is 24.8. The molecule has 0 radical (unpaired) electrons. The van der Waals surface area contributed by atoms with Gasteiger partial charge in [-0.3, -0.25) is 4.79 Å². The molecule has 0 heterocycles. The summed E-state index contributed by atoms with van der Waals surface area (Å²) in [7, 11) is 1.57. The maximum atomic E-state index is 12.5. The van der Waals surface area contributed by atoms with Gasteiger partial charge in [-0.1, -0.05) is 30.3 Å². The molecule has 0 aliphatic heterocycles. The third kappa shape index (κ3) is 4.75. The average Bonchev–Trinajstić information content (AvgIpc) is 2.73. The summed E-state index contributed by atoms with van der Waals surface area (Å²) in [5.41, 5.74) is 1.60. The van der Waals surface area contributed by atoms with Crippen molar-refractivity contribution in [2.45, 2.75) is 0 Å². The second-order valence-electron chi connectivity index (χ2n) is 5.83. The van der Waals surface area contributed by atoms with E-state index in [-0.39, 0.29) is 5.78 Å². The molecule has 0 atom stereocenters. The fourth-order valence-electron chi connectivity index (χ4n) is 2.51. The Balaban J connectivity index is 1.78. The van der Waals surface area contributed by atoms with Crippen LogP contribution < -0.4 is 9.47 Å². The van der Waals surface area contributed by atoms with Gasteiger partial charge in [0.25, 0.3) is 0 Å². The number of ether oxygens (including phenoxy) is 2. The Morgan fingerprint density at radius 2 is 1.57 bits per heavy atom. The van der Waals surface area contributed by atoms with Crippen molar-refractivity contribution >= 4 is 33.8 Å². The number of hydrogen-bond acceptors (Lipinski definition) is 4. The van der Waals surface area contributed by atoms with Gasteiger partial charge in [-0.05, 0) is 70.5 Å². The van der Waals surface area contributed by atoms with Crippen molar-refractivity contribution in [3.05, 3.63) is 100 Å². The summed E-state index contributed by atoms with van der Waals surface area (Å²) in [6, 6.07) is 20.9. The van der Waals surface area contributed by atoms with Gasteiger partial charge < -0.3 is 9.47 Å². The Morgan fingerprint density at radius 3 is 2.29 bits per heavy atom. The Morgan fingerprint density at radius 1 is 0.893 bits per heavy atom. The highest BCUT2D eigenvalue weighted by molar-refractivity contribution is 9.10. The Bertz CT molecular complexity index is 1020. The van der Waals surface area contributed by atoms with Crippen LogP contribution in [0.2, 0.25) is 0 Å². The molecule has 0 aromatic heterocycles. The van der Waals surface area contributed by atoms with Gasteiger partial charge in [-0.25, -0.2) is 4.79 Å². The summed E-state index contributed by atoms with van der Waals surface area (Å²) in [6.07, 6.45) is 3.09. The van der Waals surface area contributed by atoms with E-state index >= 15 is 0 Å². The van der Waals surface area contributed by atoms with Gasteiger partial charge in [0.05, 0.1) is 12.7 Å². The molecule has 0 amide bonds. The third-order valence-electron chi connectivity index (χ3n) is 4.00. The molecule has 5 heteroatoms. The normalized spacial score (nSPS) is 10.6. The smallest absolute Gasteiger partial charge is 0.344 e. The monoisotopic (exact) mass is 436 g/mol. The molecule has 28 heavy (non-hydrogen) atoms. The minimum absolute atomic E-state index is 0.158. The number of carbonyl (C=O) groups is 2. The van der Waals surface area contributed by atoms with Crippen LogP contribution in [0.15, 0.2) is 83.3 Å². The number of para-hydroxylation sites is 1. The predicted octanol–water partition coefficient (Wildman–Crippen LogP) is 5.57. The maximum absolute atomic E-state index is 12.5. The Hall–Kier alpha value is -3.18. The summed E-state index contributed by atoms with van der Waals surface area (Å²) >= 11 is 3.35. The van der Waals surface area contributed by atoms with Crippen LogP contribution in [0.25, 0.3) is 6.08 Å². The van der Waals surface area contributed by atoms with E-state index in [0.29, 0.717) is 32.7 Å². The van der Waals surface area contributed by atoms with Crippen molar-refractivity contribution in [1.82, 2.24) is 0 Å². The highest BCUT2D eigenvalue weighted by Crippen LogP contribution is 2.23. The van der Waals surface area contributed by atoms with Gasteiger partial charge in [-0.15, -0.1) is 0 Å². The molecule has 0 N–H and O–H groups in total. The second-order valence-corrected chi connectivity index (χ2v) is 6.69. The quantitative estimate of drug-likeness (QED) is 0.219. The van der Waals surface area contributed by atoms with E-state index in [1.165, 1.54) is 6.08 Å². The molecule has 140 valence electrons. The Labute approximate surface area is 171 Å². The summed E-state index contributed by atoms with van der Waals surface area (Å²) in [6.45, 7) is 0. The number of esters is 1. The number of allylic oxidation sites excluding steroid dienone is 1. The van der Waals surface area contributed by atoms with Crippen LogP contribution in [0, 0.1) is 0 Å². The fourth-order valence-corrected chi connectivity index (χ4v) is 2.96. The summed E-state index contributed by atoms with van der Waals surface area (Å²) in [5.74, 6) is 0.427. The molecular weight excluding hydrogens is 420 g/mol. The molecule has 0 aliphatic carbocycles. The van der Waals surface area contributed by atoms with Crippen LogP contribution in [-0.4, -0.2) is 18.9 Å². The topological polar surface area (TPSA) is 52.6 Å². The van der Waals surface area contributed by atoms with Gasteiger partial charge >= 0.3 is 5.97 Å². The maximum Gasteiger partial charge on any atom is 0.344 e. The average molecular weight is 437 g/mol. The van der Waals surface area contributed by atoms with Crippen molar-refractivity contribution in [3.63, 3.8) is 0 Å². The van der Waals surface area contributed by atoms with E-state index in [2.05, 4.69) is 15.9 Å². The molecule has 0 spiro atoms. The van der Waals surface area contributed by atoms with Gasteiger partial charge in [0.15, 0.2) is 5.78 Å². The first kappa shape index (κ1) is 19.6. The molecule has 0 saturated heterocycles. The van der Waals surface area contributed by atoms with Crippen LogP contribution in [0.1, 0.15) is 26.3 Å². The summed E-state index contributed by atoms with van der Waals surface area (Å²) < 4.78 is 11.3. The molecule has 0 aliphatic rings. The van der Waals surface area contributed by atoms with Crippen molar-refractivity contribution in [2.75, 3.05) is 7.11 Å². The molecular formula is C23H17BrO4. The van der Waals surface area contributed by atoms with Crippen molar-refractivity contribution in [1.29, 1.82) is 0 Å². The largest absolute Gasteiger partial charge is 0.497 e. The van der Waals surface area contributed by atoms with E-state index in [0.717, 1.165) is 0 Å². The Kier molecular flexibility index (Phi) is 6.40.